The van der Waals surface area contributed by atoms with E-state index in [4.69, 9.17) is 9.47 Å². The van der Waals surface area contributed by atoms with Gasteiger partial charge in [-0.15, -0.1) is 0 Å². The summed E-state index contributed by atoms with van der Waals surface area (Å²) in [6, 6.07) is 7.86. The van der Waals surface area contributed by atoms with Crippen LogP contribution in [0.1, 0.15) is 12.5 Å². The Morgan fingerprint density at radius 2 is 1.92 bits per heavy atom. The molecule has 0 spiro atoms. The molecule has 0 radical (unpaired) electrons. The van der Waals surface area contributed by atoms with E-state index in [1.165, 1.54) is 0 Å². The van der Waals surface area contributed by atoms with Crippen LogP contribution in [0.4, 0.5) is 0 Å². The van der Waals surface area contributed by atoms with Crippen molar-refractivity contribution in [3.05, 3.63) is 36.1 Å². The highest BCUT2D eigenvalue weighted by atomic mass is 16.5. The first kappa shape index (κ1) is 9.65. The Balaban J connectivity index is 3.05. The van der Waals surface area contributed by atoms with Gasteiger partial charge < -0.3 is 9.47 Å². The largest absolute Gasteiger partial charge is 0.504 e. The Morgan fingerprint density at radius 3 is 2.54 bits per heavy atom. The molecule has 0 heterocycles. The molecule has 0 bridgehead atoms. The SMILES string of the molecule is COC=C(C)c1ccccc1OC. The first-order valence-electron chi connectivity index (χ1n) is 4.12. The molecule has 2 nitrogen and oxygen atoms in total. The summed E-state index contributed by atoms with van der Waals surface area (Å²) in [5.41, 5.74) is 2.12. The van der Waals surface area contributed by atoms with E-state index in [-0.39, 0.29) is 0 Å². The average Bonchev–Trinajstić information content (AvgIpc) is 2.18. The van der Waals surface area contributed by atoms with E-state index in [1.54, 1.807) is 20.5 Å². The molecule has 0 aromatic heterocycles. The average molecular weight is 178 g/mol. The first-order valence-corrected chi connectivity index (χ1v) is 4.12. The molecular weight excluding hydrogens is 164 g/mol. The lowest BCUT2D eigenvalue weighted by atomic mass is 10.1. The third kappa shape index (κ3) is 2.25. The Labute approximate surface area is 78.8 Å². The zero-order valence-electron chi connectivity index (χ0n) is 8.20. The van der Waals surface area contributed by atoms with E-state index in [0.29, 0.717) is 0 Å². The van der Waals surface area contributed by atoms with E-state index < -0.39 is 0 Å². The van der Waals surface area contributed by atoms with Gasteiger partial charge in [0, 0.05) is 5.56 Å². The van der Waals surface area contributed by atoms with Crippen LogP contribution in [0.25, 0.3) is 5.57 Å². The molecule has 70 valence electrons. The van der Waals surface area contributed by atoms with Gasteiger partial charge in [0.2, 0.25) is 0 Å². The summed E-state index contributed by atoms with van der Waals surface area (Å²) < 4.78 is 10.2. The second-order valence-electron chi connectivity index (χ2n) is 2.74. The normalized spacial score (nSPS) is 11.2. The van der Waals surface area contributed by atoms with Crippen LogP contribution in [0.3, 0.4) is 0 Å². The molecule has 0 amide bonds. The smallest absolute Gasteiger partial charge is 0.126 e. The number of methoxy groups -OCH3 is 2. The van der Waals surface area contributed by atoms with Crippen LogP contribution in [-0.2, 0) is 4.74 Å². The molecular formula is C11H14O2. The number of benzene rings is 1. The molecule has 0 aliphatic rings. The maximum atomic E-state index is 5.22. The summed E-state index contributed by atoms with van der Waals surface area (Å²) >= 11 is 0. The number of allylic oxidation sites excluding steroid dienone is 1. The van der Waals surface area contributed by atoms with Crippen molar-refractivity contribution in [2.45, 2.75) is 6.92 Å². The Morgan fingerprint density at radius 1 is 1.23 bits per heavy atom. The monoisotopic (exact) mass is 178 g/mol. The molecule has 0 aliphatic carbocycles. The quantitative estimate of drug-likeness (QED) is 0.662. The number of hydrogen-bond donors (Lipinski definition) is 0. The third-order valence-electron chi connectivity index (χ3n) is 1.83. The molecule has 2 heteroatoms. The van der Waals surface area contributed by atoms with Gasteiger partial charge in [-0.1, -0.05) is 18.2 Å². The predicted octanol–water partition coefficient (Wildman–Crippen LogP) is 2.70. The zero-order valence-corrected chi connectivity index (χ0v) is 8.20. The van der Waals surface area contributed by atoms with Crippen molar-refractivity contribution >= 4 is 5.57 Å². The second-order valence-corrected chi connectivity index (χ2v) is 2.74. The summed E-state index contributed by atoms with van der Waals surface area (Å²) in [4.78, 5) is 0. The highest BCUT2D eigenvalue weighted by Gasteiger charge is 2.02. The lowest BCUT2D eigenvalue weighted by molar-refractivity contribution is 0.339. The molecule has 0 fully saturated rings. The molecule has 1 aromatic carbocycles. The van der Waals surface area contributed by atoms with E-state index in [2.05, 4.69) is 0 Å². The van der Waals surface area contributed by atoms with Gasteiger partial charge in [0.25, 0.3) is 0 Å². The Hall–Kier alpha value is -1.44. The molecule has 0 N–H and O–H groups in total. The number of rotatable bonds is 3. The van der Waals surface area contributed by atoms with Crippen LogP contribution < -0.4 is 4.74 Å². The predicted molar refractivity (Wildman–Crippen MR) is 53.7 cm³/mol. The van der Waals surface area contributed by atoms with Crippen LogP contribution in [0, 0.1) is 0 Å². The van der Waals surface area contributed by atoms with Crippen molar-refractivity contribution in [1.29, 1.82) is 0 Å². The van der Waals surface area contributed by atoms with Crippen LogP contribution in [0.15, 0.2) is 30.5 Å². The van der Waals surface area contributed by atoms with Crippen LogP contribution in [-0.4, -0.2) is 14.2 Å². The molecule has 0 saturated carbocycles. The van der Waals surface area contributed by atoms with Crippen molar-refractivity contribution < 1.29 is 9.47 Å². The van der Waals surface area contributed by atoms with Gasteiger partial charge in [-0.2, -0.15) is 0 Å². The van der Waals surface area contributed by atoms with Crippen LogP contribution in [0.5, 0.6) is 5.75 Å². The van der Waals surface area contributed by atoms with Gasteiger partial charge in [0.05, 0.1) is 20.5 Å². The van der Waals surface area contributed by atoms with Gasteiger partial charge in [-0.05, 0) is 18.6 Å². The van der Waals surface area contributed by atoms with Gasteiger partial charge in [0.1, 0.15) is 5.75 Å². The fourth-order valence-electron chi connectivity index (χ4n) is 1.21. The van der Waals surface area contributed by atoms with Crippen molar-refractivity contribution in [1.82, 2.24) is 0 Å². The molecule has 0 saturated heterocycles. The molecule has 0 atom stereocenters. The van der Waals surface area contributed by atoms with Crippen LogP contribution >= 0.6 is 0 Å². The minimum absolute atomic E-state index is 0.869. The minimum atomic E-state index is 0.869. The van der Waals surface area contributed by atoms with Gasteiger partial charge in [-0.3, -0.25) is 0 Å². The maximum absolute atomic E-state index is 5.22. The molecule has 1 aromatic rings. The minimum Gasteiger partial charge on any atom is -0.504 e. The highest BCUT2D eigenvalue weighted by Crippen LogP contribution is 2.24. The van der Waals surface area contributed by atoms with Crippen molar-refractivity contribution in [3.8, 4) is 5.75 Å². The van der Waals surface area contributed by atoms with Crippen molar-refractivity contribution in [3.63, 3.8) is 0 Å². The van der Waals surface area contributed by atoms with Gasteiger partial charge >= 0.3 is 0 Å². The fraction of sp³-hybridized carbons (Fsp3) is 0.273. The summed E-state index contributed by atoms with van der Waals surface area (Å²) in [5.74, 6) is 0.869. The molecule has 1 rings (SSSR count). The summed E-state index contributed by atoms with van der Waals surface area (Å²) in [7, 11) is 3.30. The summed E-state index contributed by atoms with van der Waals surface area (Å²) in [5, 5.41) is 0. The van der Waals surface area contributed by atoms with Gasteiger partial charge in [-0.25, -0.2) is 0 Å². The Kier molecular flexibility index (Phi) is 3.38. The molecule has 0 aliphatic heterocycles. The topological polar surface area (TPSA) is 18.5 Å². The lowest BCUT2D eigenvalue weighted by Gasteiger charge is -2.07. The van der Waals surface area contributed by atoms with Crippen molar-refractivity contribution in [2.75, 3.05) is 14.2 Å². The van der Waals surface area contributed by atoms with Crippen LogP contribution in [0.2, 0.25) is 0 Å². The number of ether oxygens (including phenoxy) is 2. The summed E-state index contributed by atoms with van der Waals surface area (Å²) in [6.45, 7) is 1.99. The third-order valence-corrected chi connectivity index (χ3v) is 1.83. The van der Waals surface area contributed by atoms with E-state index in [9.17, 15) is 0 Å². The number of hydrogen-bond acceptors (Lipinski definition) is 2. The highest BCUT2D eigenvalue weighted by molar-refractivity contribution is 5.68. The molecule has 0 unspecified atom stereocenters. The fourth-order valence-corrected chi connectivity index (χ4v) is 1.21. The second kappa shape index (κ2) is 4.55. The first-order chi connectivity index (χ1) is 6.29. The van der Waals surface area contributed by atoms with E-state index >= 15 is 0 Å². The summed E-state index contributed by atoms with van der Waals surface area (Å²) in [6.07, 6.45) is 1.71. The lowest BCUT2D eigenvalue weighted by Crippen LogP contribution is -1.89. The van der Waals surface area contributed by atoms with E-state index in [1.807, 2.05) is 31.2 Å². The molecule has 13 heavy (non-hydrogen) atoms. The zero-order chi connectivity index (χ0) is 9.68. The van der Waals surface area contributed by atoms with E-state index in [0.717, 1.165) is 16.9 Å². The maximum Gasteiger partial charge on any atom is 0.126 e. The van der Waals surface area contributed by atoms with Gasteiger partial charge in [0.15, 0.2) is 0 Å². The number of para-hydroxylation sites is 1. The van der Waals surface area contributed by atoms with Crippen molar-refractivity contribution in [2.24, 2.45) is 0 Å². The standard InChI is InChI=1S/C11H14O2/c1-9(8-12-2)10-6-4-5-7-11(10)13-3/h4-8H,1-3H3. The Bertz CT molecular complexity index is 303.